The molecule has 0 aliphatic carbocycles. The van der Waals surface area contributed by atoms with Gasteiger partial charge in [-0.3, -0.25) is 0 Å². The van der Waals surface area contributed by atoms with E-state index in [9.17, 15) is 0 Å². The fraction of sp³-hybridized carbons (Fsp3) is 1.00. The molecule has 0 radical (unpaired) electrons. The second kappa shape index (κ2) is 23.9. The molecule has 200 valence electrons. The molecule has 2 atom stereocenters. The van der Waals surface area contributed by atoms with Crippen LogP contribution in [0.25, 0.3) is 0 Å². The molecule has 0 spiro atoms. The van der Waals surface area contributed by atoms with Gasteiger partial charge in [0.1, 0.15) is 0 Å². The molecule has 0 amide bonds. The summed E-state index contributed by atoms with van der Waals surface area (Å²) >= 11 is -6.30. The van der Waals surface area contributed by atoms with Crippen LogP contribution in [0, 0.1) is 0 Å². The molecule has 0 saturated heterocycles. The van der Waals surface area contributed by atoms with E-state index in [1.807, 2.05) is 0 Å². The molecule has 0 aromatic heterocycles. The molecule has 0 aromatic rings. The summed E-state index contributed by atoms with van der Waals surface area (Å²) in [5, 5.41) is 0. The number of hydrogen-bond donors (Lipinski definition) is 0. The third-order valence-corrected chi connectivity index (χ3v) is 40.8. The molecule has 33 heavy (non-hydrogen) atoms. The molecule has 5 heteroatoms. The Morgan fingerprint density at radius 3 is 1.06 bits per heavy atom. The van der Waals surface area contributed by atoms with Crippen molar-refractivity contribution < 1.29 is 7.56 Å². The Morgan fingerprint density at radius 1 is 0.364 bits per heavy atom. The summed E-state index contributed by atoms with van der Waals surface area (Å²) in [5.74, 6) is 0. The first-order valence-corrected chi connectivity index (χ1v) is 27.8. The number of rotatable bonds is 26. The summed E-state index contributed by atoms with van der Waals surface area (Å²) in [6.07, 6.45) is 20.5. The first kappa shape index (κ1) is 34.5. The SMILES string of the molecule is CCCCCCC[O][Sn]([CH2]CC)([CH2]CCC)[O][Sn]([CH2]CC)([CH2]CCC)[O]CCCCCCC. The van der Waals surface area contributed by atoms with Gasteiger partial charge in [0.25, 0.3) is 0 Å². The van der Waals surface area contributed by atoms with Gasteiger partial charge in [-0.2, -0.15) is 0 Å². The Balaban J connectivity index is 5.40. The molecule has 0 aliphatic heterocycles. The van der Waals surface area contributed by atoms with Crippen LogP contribution in [-0.4, -0.2) is 51.6 Å². The standard InChI is InChI=1S/2C7H15O.2C4H9.2C3H7.O.2Sn/c2*1-2-3-4-5-6-7-8;2*1-3-4-2;2*1-3-2;;;/h2*2-7H2,1H3;2*1,3-4H2,2H3;2*1,3H2,2H3;;;/q2*-1;;;;;;2*+1. The van der Waals surface area contributed by atoms with Crippen molar-refractivity contribution in [1.29, 1.82) is 0 Å². The monoisotopic (exact) mass is 686 g/mol. The summed E-state index contributed by atoms with van der Waals surface area (Å²) in [5.41, 5.74) is 0. The average Bonchev–Trinajstić information content (AvgIpc) is 2.81. The van der Waals surface area contributed by atoms with Crippen LogP contribution in [0.15, 0.2) is 0 Å². The van der Waals surface area contributed by atoms with E-state index in [1.165, 1.54) is 120 Å². The van der Waals surface area contributed by atoms with E-state index >= 15 is 0 Å². The van der Waals surface area contributed by atoms with Crippen molar-refractivity contribution in [3.63, 3.8) is 0 Å². The molecule has 3 nitrogen and oxygen atoms in total. The quantitative estimate of drug-likeness (QED) is 0.0671. The summed E-state index contributed by atoms with van der Waals surface area (Å²) < 4.78 is 26.4. The molecule has 0 fully saturated rings. The first-order valence-electron chi connectivity index (χ1n) is 15.1. The van der Waals surface area contributed by atoms with Crippen molar-refractivity contribution in [1.82, 2.24) is 0 Å². The van der Waals surface area contributed by atoms with Crippen LogP contribution in [0.3, 0.4) is 0 Å². The van der Waals surface area contributed by atoms with Gasteiger partial charge in [-0.25, -0.2) is 0 Å². The third kappa shape index (κ3) is 17.5. The van der Waals surface area contributed by atoms with Gasteiger partial charge in [0.2, 0.25) is 0 Å². The fourth-order valence-corrected chi connectivity index (χ4v) is 46.7. The Hall–Kier alpha value is 1.48. The molecular weight excluding hydrogens is 622 g/mol. The maximum atomic E-state index is 7.54. The Bertz CT molecular complexity index is 375. The molecule has 0 N–H and O–H groups in total. The van der Waals surface area contributed by atoms with Gasteiger partial charge in [-0.1, -0.05) is 0 Å². The van der Waals surface area contributed by atoms with Gasteiger partial charge in [-0.05, 0) is 0 Å². The van der Waals surface area contributed by atoms with Crippen molar-refractivity contribution in [3.05, 3.63) is 0 Å². The van der Waals surface area contributed by atoms with E-state index in [2.05, 4.69) is 41.5 Å². The zero-order valence-corrected chi connectivity index (χ0v) is 29.5. The van der Waals surface area contributed by atoms with Crippen LogP contribution in [0.5, 0.6) is 0 Å². The van der Waals surface area contributed by atoms with Crippen LogP contribution in [0.2, 0.25) is 17.7 Å². The Morgan fingerprint density at radius 2 is 0.727 bits per heavy atom. The van der Waals surface area contributed by atoms with Crippen molar-refractivity contribution in [2.75, 3.05) is 13.2 Å². The van der Waals surface area contributed by atoms with Gasteiger partial charge in [0.05, 0.1) is 0 Å². The average molecular weight is 684 g/mol. The minimum absolute atomic E-state index is 0.933. The van der Waals surface area contributed by atoms with E-state index in [0.717, 1.165) is 13.2 Å². The van der Waals surface area contributed by atoms with E-state index in [4.69, 9.17) is 7.56 Å². The topological polar surface area (TPSA) is 27.7 Å². The van der Waals surface area contributed by atoms with Crippen LogP contribution in [-0.2, 0) is 7.56 Å². The molecule has 0 rings (SSSR count). The molecule has 0 aliphatic rings. The van der Waals surface area contributed by atoms with E-state index in [-0.39, 0.29) is 0 Å². The maximum absolute atomic E-state index is 7.54. The Labute approximate surface area is 219 Å². The molecule has 0 bridgehead atoms. The first-order chi connectivity index (χ1) is 16.1. The van der Waals surface area contributed by atoms with Gasteiger partial charge in [0, 0.05) is 0 Å². The van der Waals surface area contributed by atoms with Crippen LogP contribution < -0.4 is 0 Å². The number of unbranched alkanes of at least 4 members (excludes halogenated alkanes) is 10. The molecule has 0 aromatic carbocycles. The van der Waals surface area contributed by atoms with Gasteiger partial charge >= 0.3 is 221 Å². The molecule has 0 heterocycles. The predicted octanol–water partition coefficient (Wildman–Crippen LogP) is 10.3. The van der Waals surface area contributed by atoms with Crippen LogP contribution in [0.4, 0.5) is 0 Å². The van der Waals surface area contributed by atoms with E-state index < -0.39 is 38.4 Å². The van der Waals surface area contributed by atoms with Gasteiger partial charge in [0.15, 0.2) is 0 Å². The van der Waals surface area contributed by atoms with E-state index in [1.54, 1.807) is 0 Å². The summed E-state index contributed by atoms with van der Waals surface area (Å²) in [6.45, 7) is 15.8. The van der Waals surface area contributed by atoms with E-state index in [0.29, 0.717) is 0 Å². The second-order valence-corrected chi connectivity index (χ2v) is 32.4. The number of hydrogen-bond acceptors (Lipinski definition) is 3. The van der Waals surface area contributed by atoms with Crippen molar-refractivity contribution in [2.24, 2.45) is 0 Å². The normalized spacial score (nSPS) is 15.5. The summed E-state index contributed by atoms with van der Waals surface area (Å²) in [4.78, 5) is 0. The summed E-state index contributed by atoms with van der Waals surface area (Å²) in [7, 11) is 0. The Kier molecular flexibility index (Phi) is 24.9. The van der Waals surface area contributed by atoms with Crippen molar-refractivity contribution in [2.45, 2.75) is 162 Å². The van der Waals surface area contributed by atoms with Crippen molar-refractivity contribution in [3.8, 4) is 0 Å². The summed E-state index contributed by atoms with van der Waals surface area (Å²) in [6, 6.07) is 0. The van der Waals surface area contributed by atoms with Crippen molar-refractivity contribution >= 4 is 38.4 Å². The van der Waals surface area contributed by atoms with Crippen LogP contribution in [0.1, 0.15) is 144 Å². The zero-order valence-electron chi connectivity index (χ0n) is 23.8. The zero-order chi connectivity index (χ0) is 24.7. The predicted molar refractivity (Wildman–Crippen MR) is 152 cm³/mol. The van der Waals surface area contributed by atoms with Gasteiger partial charge < -0.3 is 0 Å². The third-order valence-electron chi connectivity index (χ3n) is 6.68. The second-order valence-electron chi connectivity index (χ2n) is 10.2. The van der Waals surface area contributed by atoms with Crippen LogP contribution >= 0.6 is 0 Å². The molecule has 0 saturated carbocycles. The molecule has 2 unspecified atom stereocenters. The van der Waals surface area contributed by atoms with Gasteiger partial charge in [-0.15, -0.1) is 0 Å². The minimum atomic E-state index is -3.15. The molecular formula is C28H62O3Sn2. The fourth-order valence-electron chi connectivity index (χ4n) is 4.72.